The summed E-state index contributed by atoms with van der Waals surface area (Å²) < 4.78 is 22.0. The number of anilines is 2. The number of fused-ring (bicyclic) bond motifs is 1. The number of methoxy groups -OCH3 is 2. The third kappa shape index (κ3) is 6.07. The van der Waals surface area contributed by atoms with E-state index in [1.165, 1.54) is 0 Å². The number of carbonyl (C=O) groups excluding carboxylic acids is 2. The van der Waals surface area contributed by atoms with Crippen molar-refractivity contribution in [2.45, 2.75) is 19.8 Å². The number of amides is 2. The number of hydrogen-bond donors (Lipinski definition) is 1. The molecule has 1 aliphatic rings. The summed E-state index contributed by atoms with van der Waals surface area (Å²) in [6.07, 6.45) is 0.852. The van der Waals surface area contributed by atoms with Gasteiger partial charge in [-0.15, -0.1) is 0 Å². The van der Waals surface area contributed by atoms with Crippen LogP contribution in [0.1, 0.15) is 17.5 Å². The first-order valence-corrected chi connectivity index (χ1v) is 11.7. The lowest BCUT2D eigenvalue weighted by Gasteiger charge is -2.29. The van der Waals surface area contributed by atoms with Crippen LogP contribution in [0, 0.1) is 6.92 Å². The topological polar surface area (TPSA) is 86.3 Å². The van der Waals surface area contributed by atoms with E-state index >= 15 is 0 Å². The van der Waals surface area contributed by atoms with Crippen molar-refractivity contribution in [1.82, 2.24) is 0 Å². The zero-order valence-electron chi connectivity index (χ0n) is 20.7. The molecular weight excluding hydrogens is 460 g/mol. The van der Waals surface area contributed by atoms with Crippen LogP contribution in [0.3, 0.4) is 0 Å². The summed E-state index contributed by atoms with van der Waals surface area (Å²) in [5.74, 6) is 2.33. The molecule has 3 aromatic rings. The summed E-state index contributed by atoms with van der Waals surface area (Å²) in [6.45, 7) is 2.68. The van der Waals surface area contributed by atoms with Crippen LogP contribution in [0.25, 0.3) is 0 Å². The van der Waals surface area contributed by atoms with Gasteiger partial charge in [-0.05, 0) is 60.9 Å². The highest BCUT2D eigenvalue weighted by atomic mass is 16.5. The molecule has 36 heavy (non-hydrogen) atoms. The van der Waals surface area contributed by atoms with Crippen LogP contribution < -0.4 is 29.2 Å². The van der Waals surface area contributed by atoms with Crippen molar-refractivity contribution < 1.29 is 28.5 Å². The number of hydrogen-bond acceptors (Lipinski definition) is 6. The van der Waals surface area contributed by atoms with E-state index in [0.29, 0.717) is 54.6 Å². The zero-order valence-corrected chi connectivity index (χ0v) is 20.7. The van der Waals surface area contributed by atoms with E-state index in [4.69, 9.17) is 18.9 Å². The average Bonchev–Trinajstić information content (AvgIpc) is 2.88. The highest BCUT2D eigenvalue weighted by Crippen LogP contribution is 2.34. The van der Waals surface area contributed by atoms with Crippen molar-refractivity contribution in [3.63, 3.8) is 0 Å². The lowest BCUT2D eigenvalue weighted by molar-refractivity contribution is -0.121. The minimum Gasteiger partial charge on any atom is -0.493 e. The first-order chi connectivity index (χ1) is 17.5. The summed E-state index contributed by atoms with van der Waals surface area (Å²) in [5.41, 5.74) is 3.34. The molecule has 8 heteroatoms. The Bertz CT molecular complexity index is 1240. The molecule has 0 saturated carbocycles. The van der Waals surface area contributed by atoms with Crippen LogP contribution in [-0.2, 0) is 16.0 Å². The number of nitrogens with one attached hydrogen (secondary N) is 1. The van der Waals surface area contributed by atoms with E-state index in [2.05, 4.69) is 5.32 Å². The van der Waals surface area contributed by atoms with Crippen molar-refractivity contribution in [1.29, 1.82) is 0 Å². The highest BCUT2D eigenvalue weighted by Gasteiger charge is 2.26. The molecule has 1 heterocycles. The SMILES string of the molecule is COc1ccc(CCC(=O)Nc2ccc3c(c2)OCC(=O)N3CCOc2cccc(C)c2)cc1OC. The zero-order chi connectivity index (χ0) is 25.5. The number of aryl methyl sites for hydroxylation is 2. The molecule has 0 atom stereocenters. The van der Waals surface area contributed by atoms with E-state index in [1.54, 1.807) is 37.3 Å². The molecule has 2 amide bonds. The van der Waals surface area contributed by atoms with Crippen molar-refractivity contribution in [3.05, 3.63) is 71.8 Å². The standard InChI is InChI=1S/C28H30N2O6/c1-19-5-4-6-22(15-19)35-14-13-30-23-10-9-21(17-25(23)36-18-28(30)32)29-27(31)12-8-20-7-11-24(33-2)26(16-20)34-3/h4-7,9-11,15-17H,8,12-14,18H2,1-3H3,(H,29,31). The molecule has 0 radical (unpaired) electrons. The summed E-state index contributed by atoms with van der Waals surface area (Å²) in [7, 11) is 3.17. The molecule has 1 N–H and O–H groups in total. The van der Waals surface area contributed by atoms with Crippen molar-refractivity contribution in [2.24, 2.45) is 0 Å². The highest BCUT2D eigenvalue weighted by molar-refractivity contribution is 5.99. The third-order valence-electron chi connectivity index (χ3n) is 5.85. The Hall–Kier alpha value is -4.20. The van der Waals surface area contributed by atoms with E-state index in [-0.39, 0.29) is 18.4 Å². The molecule has 0 bridgehead atoms. The van der Waals surface area contributed by atoms with Crippen LogP contribution in [-0.4, -0.2) is 45.8 Å². The molecule has 0 unspecified atom stereocenters. The maximum atomic E-state index is 12.6. The summed E-state index contributed by atoms with van der Waals surface area (Å²) in [6, 6.07) is 18.7. The molecule has 8 nitrogen and oxygen atoms in total. The molecule has 188 valence electrons. The van der Waals surface area contributed by atoms with Crippen LogP contribution in [0.4, 0.5) is 11.4 Å². The molecule has 1 aliphatic heterocycles. The van der Waals surface area contributed by atoms with Gasteiger partial charge in [0.15, 0.2) is 18.1 Å². The van der Waals surface area contributed by atoms with Gasteiger partial charge in [-0.2, -0.15) is 0 Å². The Kier molecular flexibility index (Phi) is 7.95. The quantitative estimate of drug-likeness (QED) is 0.454. The fraction of sp³-hybridized carbons (Fsp3) is 0.286. The van der Waals surface area contributed by atoms with Crippen LogP contribution in [0.2, 0.25) is 0 Å². The van der Waals surface area contributed by atoms with Gasteiger partial charge in [0.1, 0.15) is 18.1 Å². The fourth-order valence-corrected chi connectivity index (χ4v) is 4.00. The van der Waals surface area contributed by atoms with E-state index in [1.807, 2.05) is 49.4 Å². The second kappa shape index (κ2) is 11.5. The van der Waals surface area contributed by atoms with Gasteiger partial charge in [-0.1, -0.05) is 18.2 Å². The van der Waals surface area contributed by atoms with Gasteiger partial charge in [0, 0.05) is 18.2 Å². The lowest BCUT2D eigenvalue weighted by Crippen LogP contribution is -2.41. The minimum atomic E-state index is -0.137. The van der Waals surface area contributed by atoms with Crippen molar-refractivity contribution in [3.8, 4) is 23.0 Å². The molecule has 0 aromatic heterocycles. The van der Waals surface area contributed by atoms with Crippen LogP contribution in [0.15, 0.2) is 60.7 Å². The monoisotopic (exact) mass is 490 g/mol. The Morgan fingerprint density at radius 3 is 2.64 bits per heavy atom. The first kappa shape index (κ1) is 24.9. The number of ether oxygens (including phenoxy) is 4. The van der Waals surface area contributed by atoms with Gasteiger partial charge in [-0.3, -0.25) is 9.59 Å². The van der Waals surface area contributed by atoms with Gasteiger partial charge in [0.2, 0.25) is 5.91 Å². The molecule has 0 saturated heterocycles. The maximum Gasteiger partial charge on any atom is 0.265 e. The lowest BCUT2D eigenvalue weighted by atomic mass is 10.1. The molecule has 0 aliphatic carbocycles. The van der Waals surface area contributed by atoms with E-state index in [0.717, 1.165) is 16.9 Å². The summed E-state index contributed by atoms with van der Waals surface area (Å²) in [4.78, 5) is 26.7. The molecule has 0 spiro atoms. The smallest absolute Gasteiger partial charge is 0.265 e. The van der Waals surface area contributed by atoms with Crippen molar-refractivity contribution >= 4 is 23.2 Å². The summed E-state index contributed by atoms with van der Waals surface area (Å²) >= 11 is 0. The van der Waals surface area contributed by atoms with Crippen LogP contribution >= 0.6 is 0 Å². The normalized spacial score (nSPS) is 12.4. The molecule has 3 aromatic carbocycles. The molecule has 4 rings (SSSR count). The van der Waals surface area contributed by atoms with E-state index in [9.17, 15) is 9.59 Å². The Morgan fingerprint density at radius 1 is 1.03 bits per heavy atom. The second-order valence-electron chi connectivity index (χ2n) is 8.42. The Labute approximate surface area is 210 Å². The maximum absolute atomic E-state index is 12.6. The van der Waals surface area contributed by atoms with E-state index < -0.39 is 0 Å². The number of rotatable bonds is 10. The molecular formula is C28H30N2O6. The van der Waals surface area contributed by atoms with Gasteiger partial charge in [-0.25, -0.2) is 0 Å². The number of carbonyl (C=O) groups is 2. The van der Waals surface area contributed by atoms with Gasteiger partial charge >= 0.3 is 0 Å². The minimum absolute atomic E-state index is 0.0614. The molecule has 0 fully saturated rings. The number of nitrogens with zero attached hydrogens (tertiary/aromatic N) is 1. The van der Waals surface area contributed by atoms with Gasteiger partial charge < -0.3 is 29.2 Å². The van der Waals surface area contributed by atoms with Gasteiger partial charge in [0.25, 0.3) is 5.91 Å². The predicted molar refractivity (Wildman–Crippen MR) is 137 cm³/mol. The first-order valence-electron chi connectivity index (χ1n) is 11.7. The fourth-order valence-electron chi connectivity index (χ4n) is 4.00. The largest absolute Gasteiger partial charge is 0.493 e. The van der Waals surface area contributed by atoms with Crippen molar-refractivity contribution in [2.75, 3.05) is 44.2 Å². The Balaban J connectivity index is 1.34. The van der Waals surface area contributed by atoms with Crippen LogP contribution in [0.5, 0.6) is 23.0 Å². The predicted octanol–water partition coefficient (Wildman–Crippen LogP) is 4.39. The third-order valence-corrected chi connectivity index (χ3v) is 5.85. The number of benzene rings is 3. The Morgan fingerprint density at radius 2 is 1.86 bits per heavy atom. The summed E-state index contributed by atoms with van der Waals surface area (Å²) in [5, 5.41) is 2.91. The van der Waals surface area contributed by atoms with Gasteiger partial charge in [0.05, 0.1) is 26.5 Å². The second-order valence-corrected chi connectivity index (χ2v) is 8.42. The average molecular weight is 491 g/mol.